The minimum atomic E-state index is 0.408. The van der Waals surface area contributed by atoms with E-state index in [4.69, 9.17) is 10.2 Å². The maximum absolute atomic E-state index is 5.50. The van der Waals surface area contributed by atoms with E-state index < -0.39 is 0 Å². The predicted molar refractivity (Wildman–Crippen MR) is 57.2 cm³/mol. The van der Waals surface area contributed by atoms with Crippen LogP contribution in [0.5, 0.6) is 0 Å². The van der Waals surface area contributed by atoms with Crippen molar-refractivity contribution in [2.24, 2.45) is 12.8 Å². The summed E-state index contributed by atoms with van der Waals surface area (Å²) in [4.78, 5) is 0. The lowest BCUT2D eigenvalue weighted by Crippen LogP contribution is -2.05. The summed E-state index contributed by atoms with van der Waals surface area (Å²) in [5, 5.41) is 8.86. The number of hydrogen-bond acceptors (Lipinski definition) is 5. The lowest BCUT2D eigenvalue weighted by Gasteiger charge is -2.00. The zero-order chi connectivity index (χ0) is 10.7. The van der Waals surface area contributed by atoms with Crippen molar-refractivity contribution >= 4 is 11.8 Å². The minimum Gasteiger partial charge on any atom is -0.468 e. The average molecular weight is 224 g/mol. The second-order valence-electron chi connectivity index (χ2n) is 3.03. The molecule has 0 saturated heterocycles. The SMILES string of the molecule is Cn1c(CN)nnc1SCc1ccco1. The average Bonchev–Trinajstić information content (AvgIpc) is 2.85. The fourth-order valence-electron chi connectivity index (χ4n) is 1.18. The van der Waals surface area contributed by atoms with Gasteiger partial charge in [-0.15, -0.1) is 10.2 Å². The molecule has 0 aliphatic rings. The summed E-state index contributed by atoms with van der Waals surface area (Å²) in [5.74, 6) is 2.47. The second kappa shape index (κ2) is 4.50. The fraction of sp³-hybridized carbons (Fsp3) is 0.333. The van der Waals surface area contributed by atoms with Gasteiger partial charge in [-0.05, 0) is 12.1 Å². The molecule has 2 aromatic rings. The van der Waals surface area contributed by atoms with Gasteiger partial charge in [-0.2, -0.15) is 0 Å². The van der Waals surface area contributed by atoms with Crippen molar-refractivity contribution in [1.82, 2.24) is 14.8 Å². The number of rotatable bonds is 4. The molecule has 2 rings (SSSR count). The van der Waals surface area contributed by atoms with Crippen molar-refractivity contribution in [3.05, 3.63) is 30.0 Å². The highest BCUT2D eigenvalue weighted by Gasteiger charge is 2.08. The number of thioether (sulfide) groups is 1. The van der Waals surface area contributed by atoms with Crippen molar-refractivity contribution in [2.45, 2.75) is 17.5 Å². The lowest BCUT2D eigenvalue weighted by molar-refractivity contribution is 0.530. The number of hydrogen-bond donors (Lipinski definition) is 1. The molecule has 0 spiro atoms. The van der Waals surface area contributed by atoms with Crippen LogP contribution in [0, 0.1) is 0 Å². The highest BCUT2D eigenvalue weighted by molar-refractivity contribution is 7.98. The zero-order valence-corrected chi connectivity index (χ0v) is 9.20. The normalized spacial score (nSPS) is 10.8. The Balaban J connectivity index is 2.02. The van der Waals surface area contributed by atoms with E-state index in [-0.39, 0.29) is 0 Å². The Bertz CT molecular complexity index is 423. The number of aromatic nitrogens is 3. The van der Waals surface area contributed by atoms with Gasteiger partial charge in [0, 0.05) is 7.05 Å². The van der Waals surface area contributed by atoms with Crippen LogP contribution < -0.4 is 5.73 Å². The van der Waals surface area contributed by atoms with Crippen molar-refractivity contribution in [3.63, 3.8) is 0 Å². The molecule has 0 aliphatic carbocycles. The van der Waals surface area contributed by atoms with E-state index in [9.17, 15) is 0 Å². The maximum Gasteiger partial charge on any atom is 0.191 e. The largest absolute Gasteiger partial charge is 0.468 e. The van der Waals surface area contributed by atoms with Crippen molar-refractivity contribution in [2.75, 3.05) is 0 Å². The van der Waals surface area contributed by atoms with Gasteiger partial charge in [0.15, 0.2) is 5.16 Å². The monoisotopic (exact) mass is 224 g/mol. The van der Waals surface area contributed by atoms with Gasteiger partial charge in [0.25, 0.3) is 0 Å². The third-order valence-electron chi connectivity index (χ3n) is 2.03. The summed E-state index contributed by atoms with van der Waals surface area (Å²) < 4.78 is 7.12. The van der Waals surface area contributed by atoms with E-state index in [1.165, 1.54) is 0 Å². The molecule has 0 saturated carbocycles. The zero-order valence-electron chi connectivity index (χ0n) is 8.38. The Kier molecular flexibility index (Phi) is 3.08. The third-order valence-corrected chi connectivity index (χ3v) is 3.07. The summed E-state index contributed by atoms with van der Waals surface area (Å²) in [7, 11) is 1.91. The Morgan fingerprint density at radius 1 is 1.53 bits per heavy atom. The Morgan fingerprint density at radius 3 is 3.00 bits per heavy atom. The van der Waals surface area contributed by atoms with Gasteiger partial charge in [0.1, 0.15) is 11.6 Å². The van der Waals surface area contributed by atoms with E-state index in [0.717, 1.165) is 22.5 Å². The maximum atomic E-state index is 5.50. The molecule has 0 unspecified atom stereocenters. The molecular formula is C9H12N4OS. The van der Waals surface area contributed by atoms with E-state index in [2.05, 4.69) is 10.2 Å². The van der Waals surface area contributed by atoms with Crippen LogP contribution in [0.3, 0.4) is 0 Å². The first kappa shape index (κ1) is 10.3. The van der Waals surface area contributed by atoms with Crippen LogP contribution in [-0.4, -0.2) is 14.8 Å². The first-order valence-electron chi connectivity index (χ1n) is 4.54. The van der Waals surface area contributed by atoms with Crippen LogP contribution in [0.2, 0.25) is 0 Å². The molecule has 0 amide bonds. The fourth-order valence-corrected chi connectivity index (χ4v) is 2.01. The molecule has 0 bridgehead atoms. The minimum absolute atomic E-state index is 0.408. The van der Waals surface area contributed by atoms with Crippen LogP contribution in [-0.2, 0) is 19.3 Å². The first-order valence-corrected chi connectivity index (χ1v) is 5.53. The summed E-state index contributed by atoms with van der Waals surface area (Å²) in [5.41, 5.74) is 5.50. The number of nitrogens with two attached hydrogens (primary N) is 1. The van der Waals surface area contributed by atoms with E-state index in [1.807, 2.05) is 23.7 Å². The molecule has 15 heavy (non-hydrogen) atoms. The molecule has 2 N–H and O–H groups in total. The third kappa shape index (κ3) is 2.21. The van der Waals surface area contributed by atoms with E-state index in [0.29, 0.717) is 6.54 Å². The van der Waals surface area contributed by atoms with Crippen LogP contribution in [0.1, 0.15) is 11.6 Å². The molecule has 80 valence electrons. The van der Waals surface area contributed by atoms with Crippen molar-refractivity contribution < 1.29 is 4.42 Å². The summed E-state index contributed by atoms with van der Waals surface area (Å²) >= 11 is 1.58. The highest BCUT2D eigenvalue weighted by Crippen LogP contribution is 2.20. The van der Waals surface area contributed by atoms with Crippen LogP contribution in [0.15, 0.2) is 28.0 Å². The van der Waals surface area contributed by atoms with Gasteiger partial charge in [-0.3, -0.25) is 0 Å². The van der Waals surface area contributed by atoms with Gasteiger partial charge in [-0.25, -0.2) is 0 Å². The van der Waals surface area contributed by atoms with Crippen molar-refractivity contribution in [3.8, 4) is 0 Å². The van der Waals surface area contributed by atoms with Crippen LogP contribution in [0.4, 0.5) is 0 Å². The summed E-state index contributed by atoms with van der Waals surface area (Å²) in [6, 6.07) is 3.81. The van der Waals surface area contributed by atoms with Crippen molar-refractivity contribution in [1.29, 1.82) is 0 Å². The molecular weight excluding hydrogens is 212 g/mol. The quantitative estimate of drug-likeness (QED) is 0.789. The summed E-state index contributed by atoms with van der Waals surface area (Å²) in [6.45, 7) is 0.408. The molecule has 0 aliphatic heterocycles. The molecule has 6 heteroatoms. The Morgan fingerprint density at radius 2 is 2.40 bits per heavy atom. The highest BCUT2D eigenvalue weighted by atomic mass is 32.2. The predicted octanol–water partition coefficient (Wildman–Crippen LogP) is 1.16. The van der Waals surface area contributed by atoms with E-state index in [1.54, 1.807) is 18.0 Å². The molecule has 0 radical (unpaired) electrons. The van der Waals surface area contributed by atoms with Crippen LogP contribution in [0.25, 0.3) is 0 Å². The first-order chi connectivity index (χ1) is 7.31. The molecule has 5 nitrogen and oxygen atoms in total. The van der Waals surface area contributed by atoms with Gasteiger partial charge in [0.05, 0.1) is 18.6 Å². The van der Waals surface area contributed by atoms with Crippen LogP contribution >= 0.6 is 11.8 Å². The smallest absolute Gasteiger partial charge is 0.191 e. The Labute approximate surface area is 91.7 Å². The molecule has 2 aromatic heterocycles. The molecule has 0 atom stereocenters. The summed E-state index contributed by atoms with van der Waals surface area (Å²) in [6.07, 6.45) is 1.66. The number of furan rings is 1. The molecule has 0 fully saturated rings. The van der Waals surface area contributed by atoms with Gasteiger partial charge >= 0.3 is 0 Å². The molecule has 0 aromatic carbocycles. The van der Waals surface area contributed by atoms with Gasteiger partial charge < -0.3 is 14.7 Å². The second-order valence-corrected chi connectivity index (χ2v) is 3.97. The van der Waals surface area contributed by atoms with Gasteiger partial charge in [-0.1, -0.05) is 11.8 Å². The lowest BCUT2D eigenvalue weighted by atomic mass is 10.5. The topological polar surface area (TPSA) is 69.9 Å². The van der Waals surface area contributed by atoms with E-state index >= 15 is 0 Å². The molecule has 2 heterocycles. The standard InChI is InChI=1S/C9H12N4OS/c1-13-8(5-10)11-12-9(13)15-6-7-3-2-4-14-7/h2-4H,5-6,10H2,1H3. The Hall–Kier alpha value is -1.27. The van der Waals surface area contributed by atoms with Gasteiger partial charge in [0.2, 0.25) is 0 Å². The number of nitrogens with zero attached hydrogens (tertiary/aromatic N) is 3.